The van der Waals surface area contributed by atoms with Crippen molar-refractivity contribution in [3.8, 4) is 0 Å². The van der Waals surface area contributed by atoms with Crippen LogP contribution >= 0.6 is 11.3 Å². The standard InChI is InChI=1S/C11H17N3O4S2/c1-7-13-5-10(19-7)20(16,17)14-11(15)9(12)4-8-2-3-18-6-8/h5,8-9H,2-4,6,12H2,1H3,(H,14,15). The van der Waals surface area contributed by atoms with Gasteiger partial charge in [-0.1, -0.05) is 0 Å². The number of rotatable bonds is 5. The van der Waals surface area contributed by atoms with Crippen molar-refractivity contribution in [1.82, 2.24) is 9.71 Å². The van der Waals surface area contributed by atoms with E-state index in [2.05, 4.69) is 4.98 Å². The Labute approximate surface area is 121 Å². The molecule has 20 heavy (non-hydrogen) atoms. The number of ether oxygens (including phenoxy) is 1. The first-order valence-electron chi connectivity index (χ1n) is 6.21. The van der Waals surface area contributed by atoms with Gasteiger partial charge in [0.15, 0.2) is 4.21 Å². The van der Waals surface area contributed by atoms with E-state index in [0.29, 0.717) is 24.6 Å². The second-order valence-electron chi connectivity index (χ2n) is 4.74. The first-order chi connectivity index (χ1) is 9.38. The molecule has 1 aliphatic rings. The molecule has 0 aliphatic carbocycles. The molecule has 2 rings (SSSR count). The highest BCUT2D eigenvalue weighted by Gasteiger charge is 2.27. The number of carbonyl (C=O) groups is 1. The van der Waals surface area contributed by atoms with Crippen molar-refractivity contribution in [2.75, 3.05) is 13.2 Å². The van der Waals surface area contributed by atoms with Crippen LogP contribution in [0.3, 0.4) is 0 Å². The Hall–Kier alpha value is -1.03. The highest BCUT2D eigenvalue weighted by molar-refractivity contribution is 7.92. The molecule has 1 amide bonds. The Morgan fingerprint density at radius 1 is 1.70 bits per heavy atom. The van der Waals surface area contributed by atoms with Gasteiger partial charge in [-0.15, -0.1) is 11.3 Å². The Morgan fingerprint density at radius 2 is 2.45 bits per heavy atom. The molecule has 1 aromatic rings. The monoisotopic (exact) mass is 319 g/mol. The van der Waals surface area contributed by atoms with E-state index in [9.17, 15) is 13.2 Å². The van der Waals surface area contributed by atoms with Crippen LogP contribution in [0.15, 0.2) is 10.4 Å². The number of carbonyl (C=O) groups excluding carboxylic acids is 1. The first kappa shape index (κ1) is 15.4. The summed E-state index contributed by atoms with van der Waals surface area (Å²) < 4.78 is 31.1. The fourth-order valence-corrected chi connectivity index (χ4v) is 4.10. The van der Waals surface area contributed by atoms with Gasteiger partial charge in [0.05, 0.1) is 17.2 Å². The maximum atomic E-state index is 12.0. The summed E-state index contributed by atoms with van der Waals surface area (Å²) in [5.74, 6) is -0.480. The molecule has 7 nitrogen and oxygen atoms in total. The van der Waals surface area contributed by atoms with Crippen LogP contribution in [0.4, 0.5) is 0 Å². The molecule has 2 atom stereocenters. The van der Waals surface area contributed by atoms with Gasteiger partial charge in [-0.2, -0.15) is 0 Å². The first-order valence-corrected chi connectivity index (χ1v) is 8.51. The van der Waals surface area contributed by atoms with E-state index in [-0.39, 0.29) is 10.1 Å². The predicted octanol–water partition coefficient (Wildman–Crippen LogP) is 0.0103. The molecule has 0 spiro atoms. The zero-order valence-corrected chi connectivity index (χ0v) is 12.7. The fraction of sp³-hybridized carbons (Fsp3) is 0.636. The van der Waals surface area contributed by atoms with E-state index in [1.165, 1.54) is 6.20 Å². The average molecular weight is 319 g/mol. The number of nitrogens with two attached hydrogens (primary N) is 1. The summed E-state index contributed by atoms with van der Waals surface area (Å²) in [7, 11) is -3.87. The lowest BCUT2D eigenvalue weighted by molar-refractivity contribution is -0.120. The minimum Gasteiger partial charge on any atom is -0.381 e. The number of hydrogen-bond acceptors (Lipinski definition) is 7. The smallest absolute Gasteiger partial charge is 0.275 e. The Kier molecular flexibility index (Phi) is 4.74. The molecule has 112 valence electrons. The van der Waals surface area contributed by atoms with Gasteiger partial charge < -0.3 is 10.5 Å². The molecule has 2 heterocycles. The molecule has 0 radical (unpaired) electrons. The van der Waals surface area contributed by atoms with Crippen LogP contribution in [-0.4, -0.2) is 38.6 Å². The Bertz CT molecular complexity index is 578. The van der Waals surface area contributed by atoms with Crippen molar-refractivity contribution in [3.05, 3.63) is 11.2 Å². The fourth-order valence-electron chi connectivity index (χ4n) is 1.96. The van der Waals surface area contributed by atoms with E-state index in [4.69, 9.17) is 10.5 Å². The molecule has 9 heteroatoms. The van der Waals surface area contributed by atoms with Crippen LogP contribution in [0, 0.1) is 12.8 Å². The minimum atomic E-state index is -3.87. The molecule has 1 fully saturated rings. The molecular weight excluding hydrogens is 302 g/mol. The topological polar surface area (TPSA) is 111 Å². The minimum absolute atomic E-state index is 0.0137. The summed E-state index contributed by atoms with van der Waals surface area (Å²) in [5, 5.41) is 0.616. The number of amides is 1. The molecule has 0 bridgehead atoms. The third kappa shape index (κ3) is 3.75. The number of aryl methyl sites for hydroxylation is 1. The van der Waals surface area contributed by atoms with Crippen LogP contribution in [0.2, 0.25) is 0 Å². The third-order valence-corrected chi connectivity index (χ3v) is 5.77. The van der Waals surface area contributed by atoms with Gasteiger partial charge in [-0.25, -0.2) is 18.1 Å². The van der Waals surface area contributed by atoms with Gasteiger partial charge in [-0.05, 0) is 25.7 Å². The number of thiazole rings is 1. The zero-order chi connectivity index (χ0) is 14.8. The van der Waals surface area contributed by atoms with E-state index in [1.54, 1.807) is 6.92 Å². The summed E-state index contributed by atoms with van der Waals surface area (Å²) in [6, 6.07) is -0.856. The SMILES string of the molecule is Cc1ncc(S(=O)(=O)NC(=O)C(N)CC2CCOC2)s1. The summed E-state index contributed by atoms with van der Waals surface area (Å²) in [6.45, 7) is 2.93. The van der Waals surface area contributed by atoms with E-state index < -0.39 is 22.0 Å². The number of nitrogens with zero attached hydrogens (tertiary/aromatic N) is 1. The van der Waals surface area contributed by atoms with Crippen LogP contribution in [-0.2, 0) is 19.6 Å². The normalized spacial score (nSPS) is 20.8. The van der Waals surface area contributed by atoms with Crippen molar-refractivity contribution in [2.45, 2.75) is 30.0 Å². The predicted molar refractivity (Wildman–Crippen MR) is 73.7 cm³/mol. The Balaban J connectivity index is 1.96. The van der Waals surface area contributed by atoms with Crippen molar-refractivity contribution < 1.29 is 17.9 Å². The lowest BCUT2D eigenvalue weighted by Crippen LogP contribution is -2.44. The molecule has 1 saturated heterocycles. The molecule has 0 aromatic carbocycles. The Morgan fingerprint density at radius 3 is 3.00 bits per heavy atom. The third-order valence-electron chi connectivity index (χ3n) is 3.05. The molecule has 1 aliphatic heterocycles. The van der Waals surface area contributed by atoms with Crippen molar-refractivity contribution in [1.29, 1.82) is 0 Å². The number of aromatic nitrogens is 1. The largest absolute Gasteiger partial charge is 0.381 e. The number of hydrogen-bond donors (Lipinski definition) is 2. The summed E-state index contributed by atoms with van der Waals surface area (Å²) in [5.41, 5.74) is 5.74. The number of nitrogens with one attached hydrogen (secondary N) is 1. The molecular formula is C11H17N3O4S2. The van der Waals surface area contributed by atoms with Gasteiger partial charge in [0, 0.05) is 13.2 Å². The van der Waals surface area contributed by atoms with Crippen LogP contribution in [0.5, 0.6) is 0 Å². The highest BCUT2D eigenvalue weighted by atomic mass is 32.2. The van der Waals surface area contributed by atoms with Crippen LogP contribution in [0.1, 0.15) is 17.8 Å². The maximum Gasteiger partial charge on any atom is 0.275 e. The van der Waals surface area contributed by atoms with E-state index in [0.717, 1.165) is 17.8 Å². The van der Waals surface area contributed by atoms with Gasteiger partial charge in [0.1, 0.15) is 0 Å². The van der Waals surface area contributed by atoms with Crippen molar-refractivity contribution in [3.63, 3.8) is 0 Å². The number of sulfonamides is 1. The van der Waals surface area contributed by atoms with Crippen LogP contribution in [0.25, 0.3) is 0 Å². The zero-order valence-electron chi connectivity index (χ0n) is 11.0. The second-order valence-corrected chi connectivity index (χ2v) is 7.88. The molecule has 2 unspecified atom stereocenters. The van der Waals surface area contributed by atoms with Gasteiger partial charge in [-0.3, -0.25) is 4.79 Å². The second kappa shape index (κ2) is 6.17. The van der Waals surface area contributed by atoms with Gasteiger partial charge in [0.2, 0.25) is 0 Å². The van der Waals surface area contributed by atoms with E-state index in [1.807, 2.05) is 4.72 Å². The van der Waals surface area contributed by atoms with Crippen molar-refractivity contribution >= 4 is 27.3 Å². The lowest BCUT2D eigenvalue weighted by atomic mass is 9.99. The van der Waals surface area contributed by atoms with Gasteiger partial charge >= 0.3 is 0 Å². The molecule has 0 saturated carbocycles. The highest BCUT2D eigenvalue weighted by Crippen LogP contribution is 2.19. The lowest BCUT2D eigenvalue weighted by Gasteiger charge is -2.14. The summed E-state index contributed by atoms with van der Waals surface area (Å²) in [6.07, 6.45) is 2.50. The van der Waals surface area contributed by atoms with Crippen molar-refractivity contribution in [2.24, 2.45) is 11.7 Å². The molecule has 3 N–H and O–H groups in total. The maximum absolute atomic E-state index is 12.0. The average Bonchev–Trinajstić information content (AvgIpc) is 3.00. The van der Waals surface area contributed by atoms with Gasteiger partial charge in [0.25, 0.3) is 15.9 Å². The quantitative estimate of drug-likeness (QED) is 0.791. The summed E-state index contributed by atoms with van der Waals surface area (Å²) >= 11 is 1.01. The van der Waals surface area contributed by atoms with Crippen LogP contribution < -0.4 is 10.5 Å². The van der Waals surface area contributed by atoms with E-state index >= 15 is 0 Å². The summed E-state index contributed by atoms with van der Waals surface area (Å²) in [4.78, 5) is 15.7. The molecule has 1 aromatic heterocycles.